The Morgan fingerprint density at radius 3 is 2.15 bits per heavy atom. The molecule has 1 aliphatic rings. The molecule has 0 spiro atoms. The van der Waals surface area contributed by atoms with Gasteiger partial charge in [0.1, 0.15) is 6.04 Å². The maximum absolute atomic E-state index is 14.6. The van der Waals surface area contributed by atoms with Crippen LogP contribution in [0.3, 0.4) is 0 Å². The molecule has 4 atom stereocenters. The van der Waals surface area contributed by atoms with E-state index in [0.717, 1.165) is 38.7 Å². The number of aliphatic hydroxyl groups excluding tert-OH is 1. The second-order valence-electron chi connectivity index (χ2n) is 17.9. The predicted octanol–water partition coefficient (Wildman–Crippen LogP) is 7.02. The lowest BCUT2D eigenvalue weighted by Crippen LogP contribution is -2.59. The second-order valence-corrected chi connectivity index (χ2v) is 17.9. The summed E-state index contributed by atoms with van der Waals surface area (Å²) in [6.07, 6.45) is 0.379. The molecule has 2 aromatic carbocycles. The van der Waals surface area contributed by atoms with E-state index in [4.69, 9.17) is 4.74 Å². The number of hydrogen-bond acceptors (Lipinski definition) is 8. The van der Waals surface area contributed by atoms with Crippen LogP contribution >= 0.6 is 0 Å². The van der Waals surface area contributed by atoms with Crippen LogP contribution in [0.1, 0.15) is 70.5 Å². The van der Waals surface area contributed by atoms with Gasteiger partial charge in [0.25, 0.3) is 0 Å². The van der Waals surface area contributed by atoms with E-state index >= 15 is 0 Å². The fourth-order valence-corrected chi connectivity index (χ4v) is 7.62. The van der Waals surface area contributed by atoms with Crippen LogP contribution in [0.4, 0.5) is 14.4 Å². The summed E-state index contributed by atoms with van der Waals surface area (Å²) in [5.74, 6) is -0.390. The number of aliphatic hydroxyl groups is 1. The predicted molar refractivity (Wildman–Crippen MR) is 232 cm³/mol. The summed E-state index contributed by atoms with van der Waals surface area (Å²) in [6, 6.07) is 25.5. The summed E-state index contributed by atoms with van der Waals surface area (Å²) in [4.78, 5) is 68.7. The van der Waals surface area contributed by atoms with E-state index in [2.05, 4.69) is 20.6 Å². The zero-order valence-electron chi connectivity index (χ0n) is 36.2. The lowest BCUT2D eigenvalue weighted by atomic mass is 9.84. The second kappa shape index (κ2) is 20.0. The summed E-state index contributed by atoms with van der Waals surface area (Å²) in [5.41, 5.74) is 4.04. The molecule has 1 aliphatic heterocycles. The first-order valence-corrected chi connectivity index (χ1v) is 20.6. The molecule has 3 heterocycles. The number of carbonyl (C=O) groups excluding carboxylic acids is 4. The van der Waals surface area contributed by atoms with Crippen molar-refractivity contribution in [1.29, 1.82) is 0 Å². The number of aromatic nitrogens is 2. The average Bonchev–Trinajstić information content (AvgIpc) is 3.54. The van der Waals surface area contributed by atoms with E-state index in [-0.39, 0.29) is 31.3 Å². The normalized spacial score (nSPS) is 15.2. The Morgan fingerprint density at radius 2 is 1.53 bits per heavy atom. The SMILES string of the molecule is COC(=O)N(CC(C)(C)C)C(=O)NC(Cc1ccc(-c2ccccn2)cc1)CC(O)C(Cc1ccccc1)NC(=O)C(N1CCN(Cc2cccc(C)n2)C1=O)C(C)(C)C. The molecule has 0 aliphatic carbocycles. The minimum absolute atomic E-state index is 0.0240. The van der Waals surface area contributed by atoms with Gasteiger partial charge in [0, 0.05) is 43.1 Å². The van der Waals surface area contributed by atoms with Crippen LogP contribution in [0.25, 0.3) is 11.3 Å². The minimum atomic E-state index is -1.17. The monoisotopic (exact) mass is 819 g/mol. The summed E-state index contributed by atoms with van der Waals surface area (Å²) in [6.45, 7) is 14.6. The molecule has 1 saturated heterocycles. The van der Waals surface area contributed by atoms with Gasteiger partial charge in [-0.15, -0.1) is 0 Å². The molecular weight excluding hydrogens is 759 g/mol. The number of hydrogen-bond donors (Lipinski definition) is 3. The quantitative estimate of drug-likeness (QED) is 0.116. The summed E-state index contributed by atoms with van der Waals surface area (Å²) in [5, 5.41) is 18.4. The molecule has 1 fully saturated rings. The standard InChI is InChI=1S/C47H61N7O6/c1-32-15-14-18-36(49-32)30-52-25-26-53(44(52)58)41(47(5,6)7)42(56)51-39(28-33-16-10-9-11-17-33)40(55)29-37(50-43(57)54(45(59)60-8)31-46(2,3)4)27-34-20-22-35(23-21-34)38-19-12-13-24-48-38/h9-24,37,39-41,55H,25-31H2,1-8H3,(H,50,57)(H,51,56). The highest BCUT2D eigenvalue weighted by molar-refractivity contribution is 5.91. The van der Waals surface area contributed by atoms with Crippen molar-refractivity contribution in [2.24, 2.45) is 10.8 Å². The number of urea groups is 2. The Balaban J connectivity index is 1.42. The van der Waals surface area contributed by atoms with E-state index in [1.54, 1.807) is 16.0 Å². The Bertz CT molecular complexity index is 2050. The van der Waals surface area contributed by atoms with Crippen molar-refractivity contribution in [3.63, 3.8) is 0 Å². The lowest BCUT2D eigenvalue weighted by molar-refractivity contribution is -0.130. The fraction of sp³-hybridized carbons (Fsp3) is 0.447. The first kappa shape index (κ1) is 45.3. The molecular formula is C47H61N7O6. The first-order chi connectivity index (χ1) is 28.4. The molecule has 2 aromatic heterocycles. The fourth-order valence-electron chi connectivity index (χ4n) is 7.62. The van der Waals surface area contributed by atoms with Gasteiger partial charge in [-0.2, -0.15) is 0 Å². The van der Waals surface area contributed by atoms with E-state index in [1.165, 1.54) is 7.11 Å². The summed E-state index contributed by atoms with van der Waals surface area (Å²) >= 11 is 0. The van der Waals surface area contributed by atoms with Crippen LogP contribution in [-0.2, 0) is 28.9 Å². The van der Waals surface area contributed by atoms with E-state index in [9.17, 15) is 24.3 Å². The van der Waals surface area contributed by atoms with Gasteiger partial charge < -0.3 is 30.3 Å². The van der Waals surface area contributed by atoms with Crippen LogP contribution in [0.2, 0.25) is 0 Å². The highest BCUT2D eigenvalue weighted by Gasteiger charge is 2.44. The number of ether oxygens (including phenoxy) is 1. The average molecular weight is 820 g/mol. The van der Waals surface area contributed by atoms with Gasteiger partial charge in [0.15, 0.2) is 0 Å². The highest BCUT2D eigenvalue weighted by atomic mass is 16.5. The molecule has 0 bridgehead atoms. The molecule has 320 valence electrons. The van der Waals surface area contributed by atoms with Gasteiger partial charge in [0.05, 0.1) is 37.2 Å². The third kappa shape index (κ3) is 12.6. The number of methoxy groups -OCH3 is 1. The number of imide groups is 1. The van der Waals surface area contributed by atoms with Crippen LogP contribution in [0, 0.1) is 17.8 Å². The van der Waals surface area contributed by atoms with Crippen molar-refractivity contribution >= 4 is 24.1 Å². The molecule has 13 heteroatoms. The molecule has 60 heavy (non-hydrogen) atoms. The lowest BCUT2D eigenvalue weighted by Gasteiger charge is -2.38. The maximum Gasteiger partial charge on any atom is 0.417 e. The van der Waals surface area contributed by atoms with Gasteiger partial charge in [-0.25, -0.2) is 19.3 Å². The molecule has 4 aromatic rings. The van der Waals surface area contributed by atoms with Crippen molar-refractivity contribution in [3.8, 4) is 11.3 Å². The van der Waals surface area contributed by atoms with Gasteiger partial charge in [-0.05, 0) is 72.4 Å². The Kier molecular flexibility index (Phi) is 15.1. The molecule has 13 nitrogen and oxygen atoms in total. The van der Waals surface area contributed by atoms with E-state index in [0.29, 0.717) is 26.1 Å². The van der Waals surface area contributed by atoms with Crippen molar-refractivity contribution in [2.75, 3.05) is 26.7 Å². The molecule has 4 unspecified atom stereocenters. The number of pyridine rings is 2. The topological polar surface area (TPSA) is 157 Å². The van der Waals surface area contributed by atoms with E-state index in [1.807, 2.05) is 139 Å². The smallest absolute Gasteiger partial charge is 0.417 e. The van der Waals surface area contributed by atoms with Gasteiger partial charge >= 0.3 is 18.2 Å². The van der Waals surface area contributed by atoms with Crippen LogP contribution < -0.4 is 10.6 Å². The zero-order valence-corrected chi connectivity index (χ0v) is 36.2. The largest absolute Gasteiger partial charge is 0.452 e. The number of nitrogens with zero attached hydrogens (tertiary/aromatic N) is 5. The molecule has 6 amide bonds. The molecule has 0 radical (unpaired) electrons. The van der Waals surface area contributed by atoms with E-state index < -0.39 is 47.2 Å². The summed E-state index contributed by atoms with van der Waals surface area (Å²) < 4.78 is 4.99. The number of rotatable bonds is 15. The van der Waals surface area contributed by atoms with Crippen molar-refractivity contribution in [1.82, 2.24) is 35.3 Å². The van der Waals surface area contributed by atoms with Gasteiger partial charge in [-0.1, -0.05) is 108 Å². The van der Waals surface area contributed by atoms with Gasteiger partial charge in [0.2, 0.25) is 5.91 Å². The van der Waals surface area contributed by atoms with Crippen molar-refractivity contribution in [2.45, 2.75) is 98.5 Å². The molecule has 5 rings (SSSR count). The minimum Gasteiger partial charge on any atom is -0.452 e. The highest BCUT2D eigenvalue weighted by Crippen LogP contribution is 2.29. The first-order valence-electron chi connectivity index (χ1n) is 20.6. The number of carbonyl (C=O) groups is 4. The van der Waals surface area contributed by atoms with Crippen molar-refractivity contribution in [3.05, 3.63) is 120 Å². The Morgan fingerprint density at radius 1 is 0.850 bits per heavy atom. The molecule has 3 N–H and O–H groups in total. The maximum atomic E-state index is 14.6. The third-order valence-electron chi connectivity index (χ3n) is 10.4. The van der Waals surface area contributed by atoms with Crippen LogP contribution in [0.15, 0.2) is 97.2 Å². The van der Waals surface area contributed by atoms with Crippen LogP contribution in [-0.4, -0.2) is 105 Å². The Hall–Kier alpha value is -5.82. The zero-order chi connectivity index (χ0) is 43.6. The number of amides is 6. The summed E-state index contributed by atoms with van der Waals surface area (Å²) in [7, 11) is 1.23. The molecule has 0 saturated carbocycles. The Labute approximate surface area is 354 Å². The number of aryl methyl sites for hydroxylation is 1. The van der Waals surface area contributed by atoms with Gasteiger partial charge in [-0.3, -0.25) is 14.8 Å². The van der Waals surface area contributed by atoms with Crippen LogP contribution in [0.5, 0.6) is 0 Å². The number of benzene rings is 2. The van der Waals surface area contributed by atoms with Crippen molar-refractivity contribution < 1.29 is 29.0 Å². The number of nitrogens with one attached hydrogen (secondary N) is 2. The third-order valence-corrected chi connectivity index (χ3v) is 10.4.